The molecule has 0 N–H and O–H groups in total. The number of amides is 2. The van der Waals surface area contributed by atoms with Crippen LogP contribution in [0, 0.1) is 5.92 Å². The van der Waals surface area contributed by atoms with Gasteiger partial charge in [0.25, 0.3) is 11.1 Å². The Morgan fingerprint density at radius 1 is 1.03 bits per heavy atom. The summed E-state index contributed by atoms with van der Waals surface area (Å²) in [5, 5.41) is 0.982. The summed E-state index contributed by atoms with van der Waals surface area (Å²) >= 11 is 13.1. The van der Waals surface area contributed by atoms with Crippen molar-refractivity contribution in [2.75, 3.05) is 6.54 Å². The Bertz CT molecular complexity index is 1000. The maximum Gasteiger partial charge on any atom is 0.293 e. The van der Waals surface area contributed by atoms with Crippen LogP contribution in [-0.4, -0.2) is 22.6 Å². The van der Waals surface area contributed by atoms with Gasteiger partial charge in [-0.05, 0) is 66.4 Å². The Hall–Kier alpha value is -1.95. The van der Waals surface area contributed by atoms with Crippen molar-refractivity contribution in [1.82, 2.24) is 4.90 Å². The molecular weight excluding hydrogens is 453 g/mol. The molecule has 0 unspecified atom stereocenters. The third-order valence-corrected chi connectivity index (χ3v) is 7.12. The van der Waals surface area contributed by atoms with Gasteiger partial charge in [-0.15, -0.1) is 0 Å². The van der Waals surface area contributed by atoms with Crippen LogP contribution in [-0.2, 0) is 11.4 Å². The highest BCUT2D eigenvalue weighted by Crippen LogP contribution is 2.35. The van der Waals surface area contributed by atoms with Crippen molar-refractivity contribution in [3.05, 3.63) is 68.5 Å². The van der Waals surface area contributed by atoms with Crippen molar-refractivity contribution in [2.24, 2.45) is 5.92 Å². The fraction of sp³-hybridized carbons (Fsp3) is 0.333. The first kappa shape index (κ1) is 22.3. The molecule has 1 heterocycles. The fourth-order valence-corrected chi connectivity index (χ4v) is 5.21. The average molecular weight is 476 g/mol. The van der Waals surface area contributed by atoms with E-state index in [2.05, 4.69) is 0 Å². The summed E-state index contributed by atoms with van der Waals surface area (Å²) in [5.74, 6) is 0.944. The minimum absolute atomic E-state index is 0.165. The van der Waals surface area contributed by atoms with E-state index in [0.29, 0.717) is 39.8 Å². The van der Waals surface area contributed by atoms with Crippen molar-refractivity contribution in [3.63, 3.8) is 0 Å². The van der Waals surface area contributed by atoms with Gasteiger partial charge in [0.1, 0.15) is 12.4 Å². The van der Waals surface area contributed by atoms with Crippen LogP contribution >= 0.6 is 35.0 Å². The minimum Gasteiger partial charge on any atom is -0.489 e. The Kier molecular flexibility index (Phi) is 7.26. The molecule has 2 aromatic rings. The maximum atomic E-state index is 12.7. The Morgan fingerprint density at radius 3 is 2.48 bits per heavy atom. The van der Waals surface area contributed by atoms with E-state index in [0.717, 1.165) is 35.7 Å². The van der Waals surface area contributed by atoms with Gasteiger partial charge >= 0.3 is 0 Å². The van der Waals surface area contributed by atoms with Gasteiger partial charge in [-0.3, -0.25) is 14.5 Å². The summed E-state index contributed by atoms with van der Waals surface area (Å²) in [5.41, 5.74) is 1.70. The van der Waals surface area contributed by atoms with E-state index < -0.39 is 0 Å². The van der Waals surface area contributed by atoms with Crippen molar-refractivity contribution >= 4 is 52.2 Å². The molecule has 0 atom stereocenters. The number of hydrogen-bond donors (Lipinski definition) is 0. The van der Waals surface area contributed by atoms with E-state index in [1.165, 1.54) is 24.2 Å². The fourth-order valence-electron chi connectivity index (χ4n) is 3.90. The first-order valence-electron chi connectivity index (χ1n) is 10.4. The molecule has 2 aromatic carbocycles. The zero-order valence-corrected chi connectivity index (χ0v) is 19.3. The lowest BCUT2D eigenvalue weighted by molar-refractivity contribution is -0.123. The summed E-state index contributed by atoms with van der Waals surface area (Å²) in [6, 6.07) is 12.7. The number of nitrogens with zero attached hydrogens (tertiary/aromatic N) is 1. The van der Waals surface area contributed by atoms with E-state index in [-0.39, 0.29) is 11.1 Å². The van der Waals surface area contributed by atoms with Crippen LogP contribution in [0.15, 0.2) is 47.4 Å². The quantitative estimate of drug-likeness (QED) is 0.414. The predicted molar refractivity (Wildman–Crippen MR) is 126 cm³/mol. The van der Waals surface area contributed by atoms with Crippen molar-refractivity contribution < 1.29 is 14.3 Å². The third kappa shape index (κ3) is 5.65. The van der Waals surface area contributed by atoms with Gasteiger partial charge in [-0.1, -0.05) is 60.7 Å². The Balaban J connectivity index is 1.37. The predicted octanol–water partition coefficient (Wildman–Crippen LogP) is 7.19. The smallest absolute Gasteiger partial charge is 0.293 e. The molecule has 7 heteroatoms. The third-order valence-electron chi connectivity index (χ3n) is 5.63. The van der Waals surface area contributed by atoms with Gasteiger partial charge in [-0.2, -0.15) is 0 Å². The molecule has 0 radical (unpaired) electrons. The number of carbonyl (C=O) groups is 2. The van der Waals surface area contributed by atoms with E-state index in [1.54, 1.807) is 18.2 Å². The second kappa shape index (κ2) is 10.1. The maximum absolute atomic E-state index is 12.7. The Morgan fingerprint density at radius 2 is 1.77 bits per heavy atom. The number of carbonyl (C=O) groups excluding carboxylic acids is 2. The standard InChI is InChI=1S/C24H23Cl2NO3S/c25-19-9-8-18(21(26)13-19)15-30-20-10-6-16(7-11-20)12-22-23(28)27(24(29)31-22)14-17-4-2-1-3-5-17/h6-13,17H,1-5,14-15H2/b22-12+. The second-order valence-corrected chi connectivity index (χ2v) is 9.73. The molecule has 4 rings (SSSR count). The van der Waals surface area contributed by atoms with Gasteiger partial charge in [0.05, 0.1) is 4.91 Å². The molecule has 0 spiro atoms. The first-order valence-corrected chi connectivity index (χ1v) is 12.0. The number of hydrogen-bond acceptors (Lipinski definition) is 4. The van der Waals surface area contributed by atoms with E-state index in [9.17, 15) is 9.59 Å². The lowest BCUT2D eigenvalue weighted by Gasteiger charge is -2.25. The SMILES string of the molecule is O=C1S/C(=C/c2ccc(OCc3ccc(Cl)cc3Cl)cc2)C(=O)N1CC1CCCCC1. The van der Waals surface area contributed by atoms with Crippen molar-refractivity contribution in [2.45, 2.75) is 38.7 Å². The second-order valence-electron chi connectivity index (χ2n) is 7.89. The van der Waals surface area contributed by atoms with E-state index in [4.69, 9.17) is 27.9 Å². The summed E-state index contributed by atoms with van der Waals surface area (Å²) in [6.45, 7) is 0.872. The molecule has 0 bridgehead atoms. The largest absolute Gasteiger partial charge is 0.489 e. The molecular formula is C24H23Cl2NO3S. The van der Waals surface area contributed by atoms with Crippen molar-refractivity contribution in [1.29, 1.82) is 0 Å². The van der Waals surface area contributed by atoms with Crippen LogP contribution in [0.1, 0.15) is 43.2 Å². The number of rotatable bonds is 6. The number of halogens is 2. The van der Waals surface area contributed by atoms with Gasteiger partial charge in [0.15, 0.2) is 0 Å². The summed E-state index contributed by atoms with van der Waals surface area (Å²) in [6.07, 6.45) is 7.61. The molecule has 2 fully saturated rings. The van der Waals surface area contributed by atoms with Crippen LogP contribution < -0.4 is 4.74 Å². The monoisotopic (exact) mass is 475 g/mol. The van der Waals surface area contributed by atoms with Crippen LogP contribution in [0.25, 0.3) is 6.08 Å². The van der Waals surface area contributed by atoms with E-state index >= 15 is 0 Å². The van der Waals surface area contributed by atoms with Crippen LogP contribution in [0.3, 0.4) is 0 Å². The molecule has 1 saturated carbocycles. The Labute approximate surface area is 196 Å². The number of benzene rings is 2. The van der Waals surface area contributed by atoms with Crippen molar-refractivity contribution in [3.8, 4) is 5.75 Å². The topological polar surface area (TPSA) is 46.6 Å². The lowest BCUT2D eigenvalue weighted by Crippen LogP contribution is -2.34. The zero-order valence-electron chi connectivity index (χ0n) is 17.0. The molecule has 2 amide bonds. The highest BCUT2D eigenvalue weighted by molar-refractivity contribution is 8.18. The zero-order chi connectivity index (χ0) is 21.8. The number of ether oxygens (including phenoxy) is 1. The van der Waals surface area contributed by atoms with Gasteiger partial charge < -0.3 is 4.74 Å². The molecule has 31 heavy (non-hydrogen) atoms. The van der Waals surface area contributed by atoms with E-state index in [1.807, 2.05) is 30.3 Å². The summed E-state index contributed by atoms with van der Waals surface area (Å²) in [7, 11) is 0. The first-order chi connectivity index (χ1) is 15.0. The van der Waals surface area contributed by atoms with Crippen LogP contribution in [0.5, 0.6) is 5.75 Å². The van der Waals surface area contributed by atoms with Gasteiger partial charge in [0.2, 0.25) is 0 Å². The molecule has 162 valence electrons. The highest BCUT2D eigenvalue weighted by atomic mass is 35.5. The molecule has 2 aliphatic rings. The number of thioether (sulfide) groups is 1. The van der Waals surface area contributed by atoms with Crippen LogP contribution in [0.4, 0.5) is 4.79 Å². The summed E-state index contributed by atoms with van der Waals surface area (Å²) in [4.78, 5) is 27.0. The number of imide groups is 1. The average Bonchev–Trinajstić information content (AvgIpc) is 3.02. The molecule has 1 aliphatic carbocycles. The molecule has 4 nitrogen and oxygen atoms in total. The van der Waals surface area contributed by atoms with Gasteiger partial charge in [0, 0.05) is 22.2 Å². The van der Waals surface area contributed by atoms with Gasteiger partial charge in [-0.25, -0.2) is 0 Å². The van der Waals surface area contributed by atoms with Crippen LogP contribution in [0.2, 0.25) is 10.0 Å². The lowest BCUT2D eigenvalue weighted by atomic mass is 9.89. The minimum atomic E-state index is -0.182. The molecule has 1 aliphatic heterocycles. The summed E-state index contributed by atoms with van der Waals surface area (Å²) < 4.78 is 5.79. The molecule has 0 aromatic heterocycles. The normalized spacial score (nSPS) is 18.8. The highest BCUT2D eigenvalue weighted by Gasteiger charge is 2.36. The molecule has 1 saturated heterocycles.